The van der Waals surface area contributed by atoms with E-state index in [2.05, 4.69) is 6.58 Å². The van der Waals surface area contributed by atoms with Crippen LogP contribution in [0.4, 0.5) is 0 Å². The van der Waals surface area contributed by atoms with E-state index in [9.17, 15) is 5.11 Å². The molecule has 0 atom stereocenters. The van der Waals surface area contributed by atoms with Crippen molar-refractivity contribution in [1.29, 1.82) is 0 Å². The Balaban J connectivity index is 1.98. The predicted octanol–water partition coefficient (Wildman–Crippen LogP) is 3.60. The molecule has 3 heteroatoms. The maximum atomic E-state index is 9.25. The van der Waals surface area contributed by atoms with Gasteiger partial charge in [0.2, 0.25) is 0 Å². The molecule has 2 rings (SSSR count). The number of hydrogen-bond acceptors (Lipinski definition) is 3. The van der Waals surface area contributed by atoms with Gasteiger partial charge in [-0.05, 0) is 35.4 Å². The van der Waals surface area contributed by atoms with Gasteiger partial charge in [0, 0.05) is 0 Å². The van der Waals surface area contributed by atoms with E-state index >= 15 is 0 Å². The van der Waals surface area contributed by atoms with E-state index in [1.54, 1.807) is 12.1 Å². The van der Waals surface area contributed by atoms with Crippen LogP contribution in [0.1, 0.15) is 0 Å². The zero-order valence-corrected chi connectivity index (χ0v) is 10.6. The van der Waals surface area contributed by atoms with E-state index < -0.39 is 0 Å². The zero-order chi connectivity index (χ0) is 13.5. The molecule has 98 valence electrons. The topological polar surface area (TPSA) is 38.7 Å². The summed E-state index contributed by atoms with van der Waals surface area (Å²) in [5.41, 5.74) is 2.13. The maximum Gasteiger partial charge on any atom is 0.122 e. The third kappa shape index (κ3) is 3.78. The Morgan fingerprint density at radius 1 is 0.895 bits per heavy atom. The summed E-state index contributed by atoms with van der Waals surface area (Å²) in [6.07, 6.45) is 1.40. The van der Waals surface area contributed by atoms with Gasteiger partial charge in [-0.3, -0.25) is 0 Å². The van der Waals surface area contributed by atoms with Crippen molar-refractivity contribution >= 4 is 0 Å². The molecule has 0 aliphatic rings. The minimum absolute atomic E-state index is 0.269. The largest absolute Gasteiger partial charge is 0.508 e. The van der Waals surface area contributed by atoms with Crippen LogP contribution in [0, 0.1) is 0 Å². The van der Waals surface area contributed by atoms with Crippen LogP contribution in [0.15, 0.2) is 61.4 Å². The highest BCUT2D eigenvalue weighted by Gasteiger charge is 1.99. The molecular weight excluding hydrogens is 240 g/mol. The van der Waals surface area contributed by atoms with Gasteiger partial charge in [0.05, 0.1) is 6.26 Å². The van der Waals surface area contributed by atoms with Crippen LogP contribution in [0.2, 0.25) is 0 Å². The van der Waals surface area contributed by atoms with Crippen LogP contribution >= 0.6 is 0 Å². The number of rotatable bonds is 6. The zero-order valence-electron chi connectivity index (χ0n) is 10.6. The fourth-order valence-corrected chi connectivity index (χ4v) is 1.69. The molecule has 0 spiro atoms. The normalized spacial score (nSPS) is 9.89. The van der Waals surface area contributed by atoms with Crippen LogP contribution in [-0.2, 0) is 4.74 Å². The molecule has 0 radical (unpaired) electrons. The van der Waals surface area contributed by atoms with E-state index in [4.69, 9.17) is 9.47 Å². The lowest BCUT2D eigenvalue weighted by Crippen LogP contribution is -2.03. The molecule has 1 N–H and O–H groups in total. The Morgan fingerprint density at radius 2 is 1.47 bits per heavy atom. The van der Waals surface area contributed by atoms with Crippen LogP contribution < -0.4 is 4.74 Å². The molecule has 0 amide bonds. The quantitative estimate of drug-likeness (QED) is 0.634. The van der Waals surface area contributed by atoms with Crippen molar-refractivity contribution in [3.8, 4) is 22.6 Å². The molecule has 0 aliphatic heterocycles. The molecule has 3 nitrogen and oxygen atoms in total. The Kier molecular flexibility index (Phi) is 4.45. The lowest BCUT2D eigenvalue weighted by molar-refractivity contribution is 0.179. The second-order valence-corrected chi connectivity index (χ2v) is 3.96. The summed E-state index contributed by atoms with van der Waals surface area (Å²) in [4.78, 5) is 0. The number of ether oxygens (including phenoxy) is 2. The summed E-state index contributed by atoms with van der Waals surface area (Å²) in [7, 11) is 0. The number of phenolic OH excluding ortho intramolecular Hbond substituents is 1. The van der Waals surface area contributed by atoms with Crippen molar-refractivity contribution in [3.63, 3.8) is 0 Å². The van der Waals surface area contributed by atoms with Crippen LogP contribution in [-0.4, -0.2) is 18.3 Å². The second-order valence-electron chi connectivity index (χ2n) is 3.96. The maximum absolute atomic E-state index is 9.25. The molecule has 0 aromatic heterocycles. The van der Waals surface area contributed by atoms with Crippen molar-refractivity contribution in [1.82, 2.24) is 0 Å². The van der Waals surface area contributed by atoms with E-state index in [1.165, 1.54) is 6.26 Å². The Bertz CT molecular complexity index is 515. The first kappa shape index (κ1) is 13.0. The van der Waals surface area contributed by atoms with Crippen LogP contribution in [0.25, 0.3) is 11.1 Å². The lowest BCUT2D eigenvalue weighted by Gasteiger charge is -2.07. The minimum atomic E-state index is 0.269. The number of phenols is 1. The van der Waals surface area contributed by atoms with E-state index in [1.807, 2.05) is 36.4 Å². The lowest BCUT2D eigenvalue weighted by atomic mass is 10.1. The van der Waals surface area contributed by atoms with Crippen molar-refractivity contribution < 1.29 is 14.6 Å². The summed E-state index contributed by atoms with van der Waals surface area (Å²) in [5, 5.41) is 9.25. The molecule has 0 saturated carbocycles. The Hall–Kier alpha value is -2.42. The number of aromatic hydroxyl groups is 1. The van der Waals surface area contributed by atoms with Gasteiger partial charge in [0.1, 0.15) is 24.7 Å². The molecule has 2 aromatic rings. The van der Waals surface area contributed by atoms with Gasteiger partial charge in [-0.25, -0.2) is 0 Å². The smallest absolute Gasteiger partial charge is 0.122 e. The third-order valence-electron chi connectivity index (χ3n) is 2.64. The summed E-state index contributed by atoms with van der Waals surface area (Å²) < 4.78 is 10.5. The van der Waals surface area contributed by atoms with Gasteiger partial charge in [-0.15, -0.1) is 0 Å². The SMILES string of the molecule is C=COCCOc1ccc(-c2ccc(O)cc2)cc1. The van der Waals surface area contributed by atoms with Gasteiger partial charge in [-0.1, -0.05) is 30.8 Å². The van der Waals surface area contributed by atoms with Crippen molar-refractivity contribution in [3.05, 3.63) is 61.4 Å². The average Bonchev–Trinajstić information content (AvgIpc) is 2.45. The van der Waals surface area contributed by atoms with Crippen LogP contribution in [0.3, 0.4) is 0 Å². The molecule has 0 saturated heterocycles. The fourth-order valence-electron chi connectivity index (χ4n) is 1.69. The molecule has 0 unspecified atom stereocenters. The predicted molar refractivity (Wildman–Crippen MR) is 75.2 cm³/mol. The number of hydrogen-bond donors (Lipinski definition) is 1. The van der Waals surface area contributed by atoms with E-state index in [0.29, 0.717) is 13.2 Å². The third-order valence-corrected chi connectivity index (χ3v) is 2.64. The van der Waals surface area contributed by atoms with Crippen molar-refractivity contribution in [2.75, 3.05) is 13.2 Å². The first-order valence-electron chi connectivity index (χ1n) is 6.04. The van der Waals surface area contributed by atoms with Crippen LogP contribution in [0.5, 0.6) is 11.5 Å². The minimum Gasteiger partial charge on any atom is -0.508 e. The average molecular weight is 256 g/mol. The standard InChI is InChI=1S/C16H16O3/c1-2-18-11-12-19-16-9-5-14(6-10-16)13-3-7-15(17)8-4-13/h2-10,17H,1,11-12H2. The van der Waals surface area contributed by atoms with Crippen molar-refractivity contribution in [2.45, 2.75) is 0 Å². The highest BCUT2D eigenvalue weighted by Crippen LogP contribution is 2.24. The van der Waals surface area contributed by atoms with E-state index in [0.717, 1.165) is 16.9 Å². The molecule has 0 bridgehead atoms. The van der Waals surface area contributed by atoms with Gasteiger partial charge in [0.25, 0.3) is 0 Å². The molecular formula is C16H16O3. The monoisotopic (exact) mass is 256 g/mol. The second kappa shape index (κ2) is 6.50. The van der Waals surface area contributed by atoms with E-state index in [-0.39, 0.29) is 5.75 Å². The summed E-state index contributed by atoms with van der Waals surface area (Å²) in [6.45, 7) is 4.44. The van der Waals surface area contributed by atoms with Gasteiger partial charge >= 0.3 is 0 Å². The first-order chi connectivity index (χ1) is 9.29. The summed E-state index contributed by atoms with van der Waals surface area (Å²) >= 11 is 0. The number of benzene rings is 2. The van der Waals surface area contributed by atoms with Gasteiger partial charge < -0.3 is 14.6 Å². The molecule has 19 heavy (non-hydrogen) atoms. The highest BCUT2D eigenvalue weighted by molar-refractivity contribution is 5.64. The molecule has 0 heterocycles. The van der Waals surface area contributed by atoms with Crippen molar-refractivity contribution in [2.24, 2.45) is 0 Å². The summed E-state index contributed by atoms with van der Waals surface area (Å²) in [5.74, 6) is 1.07. The van der Waals surface area contributed by atoms with Gasteiger partial charge in [0.15, 0.2) is 0 Å². The van der Waals surface area contributed by atoms with Gasteiger partial charge in [-0.2, -0.15) is 0 Å². The molecule has 2 aromatic carbocycles. The molecule has 0 aliphatic carbocycles. The Labute approximate surface area is 112 Å². The first-order valence-corrected chi connectivity index (χ1v) is 6.04. The molecule has 0 fully saturated rings. The Morgan fingerprint density at radius 3 is 2.05 bits per heavy atom. The highest BCUT2D eigenvalue weighted by atomic mass is 16.5. The fraction of sp³-hybridized carbons (Fsp3) is 0.125. The summed E-state index contributed by atoms with van der Waals surface area (Å²) in [6, 6.07) is 14.9.